The van der Waals surface area contributed by atoms with Crippen LogP contribution in [0.2, 0.25) is 0 Å². The summed E-state index contributed by atoms with van der Waals surface area (Å²) in [6.07, 6.45) is 0. The summed E-state index contributed by atoms with van der Waals surface area (Å²) in [5.41, 5.74) is 8.89. The van der Waals surface area contributed by atoms with E-state index in [1.165, 1.54) is 29.6 Å². The van der Waals surface area contributed by atoms with E-state index in [-0.39, 0.29) is 11.1 Å². The van der Waals surface area contributed by atoms with Crippen LogP contribution in [0.15, 0.2) is 29.8 Å². The number of benzene rings is 2. The van der Waals surface area contributed by atoms with Crippen LogP contribution in [-0.4, -0.2) is 90.1 Å². The molecule has 0 fully saturated rings. The molecule has 184 valence electrons. The molecule has 18 heteroatoms. The largest absolute Gasteiger partial charge is 0.467 e. The molecule has 0 spiro atoms. The van der Waals surface area contributed by atoms with Gasteiger partial charge in [0.05, 0.1) is 17.2 Å². The van der Waals surface area contributed by atoms with Crippen LogP contribution in [0.1, 0.15) is 21.5 Å². The molecule has 1 atom stereocenters. The van der Waals surface area contributed by atoms with Crippen LogP contribution in [0.25, 0.3) is 0 Å². The summed E-state index contributed by atoms with van der Waals surface area (Å²) >= 11 is 0. The zero-order chi connectivity index (χ0) is 28.2. The van der Waals surface area contributed by atoms with Crippen molar-refractivity contribution >= 4 is 112 Å². The quantitative estimate of drug-likeness (QED) is 0.229. The zero-order valence-corrected chi connectivity index (χ0v) is 23.3. The maximum Gasteiger partial charge on any atom is 0.340 e. The number of carbonyl (C=O) groups excluding carboxylic acids is 2. The standard InChI is InChI=1S/C19H24B8FNO7S/c1-34-17(31)6-3-2-5(4-7(6)28)18(25)15(30)14(16(29)35-18)36-37(32,33)19(26,27)8-9(20)11(22)13(24)12(23)10(8)21/h2-4H,20-27,29H2,1H3. The number of rotatable bonds is 6. The van der Waals surface area contributed by atoms with E-state index < -0.39 is 49.4 Å². The first kappa shape index (κ1) is 28.7. The maximum atomic E-state index is 14.6. The Balaban J connectivity index is 2.02. The average Bonchev–Trinajstić information content (AvgIpc) is 3.04. The van der Waals surface area contributed by atoms with Gasteiger partial charge in [-0.2, -0.15) is 8.42 Å². The Kier molecular flexibility index (Phi) is 7.33. The molecule has 8 nitrogen and oxygen atoms in total. The fraction of sp³-hybridized carbons (Fsp3) is 0.158. The summed E-state index contributed by atoms with van der Waals surface area (Å²) < 4.78 is 55.7. The first-order valence-corrected chi connectivity index (χ1v) is 13.0. The molecule has 2 aromatic carbocycles. The van der Waals surface area contributed by atoms with Gasteiger partial charge in [0.15, 0.2) is 13.3 Å². The van der Waals surface area contributed by atoms with Crippen molar-refractivity contribution in [2.75, 3.05) is 7.11 Å². The van der Waals surface area contributed by atoms with Gasteiger partial charge in [-0.15, -0.1) is 16.4 Å². The molecular weight excluding hydrogens is 492 g/mol. The highest BCUT2D eigenvalue weighted by atomic mass is 32.2. The lowest BCUT2D eigenvalue weighted by Crippen LogP contribution is -2.60. The van der Waals surface area contributed by atoms with Gasteiger partial charge in [0.25, 0.3) is 0 Å². The lowest BCUT2D eigenvalue weighted by molar-refractivity contribution is -0.126. The van der Waals surface area contributed by atoms with Crippen molar-refractivity contribution in [3.8, 4) is 0 Å². The van der Waals surface area contributed by atoms with E-state index >= 15 is 0 Å². The van der Waals surface area contributed by atoms with E-state index in [0.29, 0.717) is 5.56 Å². The van der Waals surface area contributed by atoms with E-state index in [9.17, 15) is 22.4 Å². The molecule has 2 aromatic rings. The second kappa shape index (κ2) is 9.45. The highest BCUT2D eigenvalue weighted by Crippen LogP contribution is 2.38. The van der Waals surface area contributed by atoms with Gasteiger partial charge in [-0.1, -0.05) is 22.6 Å². The number of hydrogen-bond acceptors (Lipinski definition) is 8. The van der Waals surface area contributed by atoms with Gasteiger partial charge >= 0.3 is 16.1 Å². The fourth-order valence-corrected chi connectivity index (χ4v) is 5.88. The summed E-state index contributed by atoms with van der Waals surface area (Å²) in [5.74, 6) is -3.98. The normalized spacial score (nSPS) is 17.9. The van der Waals surface area contributed by atoms with Gasteiger partial charge in [-0.05, 0) is 17.7 Å². The minimum Gasteiger partial charge on any atom is -0.467 e. The monoisotopic (exact) mass is 517 g/mol. The molecule has 37 heavy (non-hydrogen) atoms. The molecule has 0 bridgehead atoms. The molecule has 0 aliphatic carbocycles. The maximum absolute atomic E-state index is 14.6. The second-order valence-electron chi connectivity index (χ2n) is 9.89. The Hall–Kier alpha value is -2.88. The van der Waals surface area contributed by atoms with Crippen LogP contribution in [0.4, 0.5) is 4.39 Å². The molecule has 0 saturated heterocycles. The molecule has 2 N–H and O–H groups in total. The van der Waals surface area contributed by atoms with Crippen molar-refractivity contribution in [2.45, 2.75) is 10.0 Å². The molecule has 0 radical (unpaired) electrons. The van der Waals surface area contributed by atoms with Crippen molar-refractivity contribution in [1.82, 2.24) is 0 Å². The SMILES string of the molecule is Bc1c(B)c(B)c(C(B)(B)S(=O)(=O)OC2=C(N)OC(B)(c3ccc(C(=O)OC)c(F)c3)C2=O)c(B)c1B. The van der Waals surface area contributed by atoms with Gasteiger partial charge in [-0.3, -0.25) is 4.79 Å². The van der Waals surface area contributed by atoms with Crippen LogP contribution in [0.5, 0.6) is 0 Å². The number of ether oxygens (including phenoxy) is 2. The highest BCUT2D eigenvalue weighted by molar-refractivity contribution is 7.90. The Morgan fingerprint density at radius 3 is 2.05 bits per heavy atom. The van der Waals surface area contributed by atoms with Crippen LogP contribution < -0.4 is 33.0 Å². The van der Waals surface area contributed by atoms with E-state index in [4.69, 9.17) is 14.7 Å². The summed E-state index contributed by atoms with van der Waals surface area (Å²) in [5, 5.41) is 0. The molecule has 0 amide bonds. The molecule has 0 saturated carbocycles. The zero-order valence-electron chi connectivity index (χ0n) is 22.5. The minimum atomic E-state index is -4.49. The molecule has 1 unspecified atom stereocenters. The van der Waals surface area contributed by atoms with E-state index in [0.717, 1.165) is 46.6 Å². The second-order valence-corrected chi connectivity index (χ2v) is 12.0. The van der Waals surface area contributed by atoms with Crippen molar-refractivity contribution < 1.29 is 36.1 Å². The van der Waals surface area contributed by atoms with Crippen molar-refractivity contribution in [3.05, 3.63) is 52.3 Å². The van der Waals surface area contributed by atoms with Crippen molar-refractivity contribution in [1.29, 1.82) is 0 Å². The Morgan fingerprint density at radius 2 is 1.57 bits per heavy atom. The third-order valence-electron chi connectivity index (χ3n) is 7.52. The summed E-state index contributed by atoms with van der Waals surface area (Å²) in [4.78, 5) is 25.1. The van der Waals surface area contributed by atoms with Gasteiger partial charge in [0.2, 0.25) is 17.4 Å². The number of Topliss-reactive ketones (excluding diaryl/α,β-unsaturated/α-hetero) is 1. The van der Waals surface area contributed by atoms with Gasteiger partial charge in [0.1, 0.15) is 60.7 Å². The van der Waals surface area contributed by atoms with E-state index in [1.807, 2.05) is 39.2 Å². The fourth-order valence-electron chi connectivity index (χ4n) is 4.74. The van der Waals surface area contributed by atoms with Crippen molar-refractivity contribution in [3.63, 3.8) is 0 Å². The number of nitrogens with two attached hydrogens (primary N) is 1. The predicted octanol–water partition coefficient (Wildman–Crippen LogP) is -10.2. The highest BCUT2D eigenvalue weighted by Gasteiger charge is 2.51. The molecule has 1 heterocycles. The van der Waals surface area contributed by atoms with E-state index in [2.05, 4.69) is 4.74 Å². The predicted molar refractivity (Wildman–Crippen MR) is 161 cm³/mol. The molecule has 1 aliphatic heterocycles. The smallest absolute Gasteiger partial charge is 0.340 e. The van der Waals surface area contributed by atoms with Gasteiger partial charge in [-0.25, -0.2) is 9.18 Å². The van der Waals surface area contributed by atoms with Crippen LogP contribution in [0, 0.1) is 5.82 Å². The van der Waals surface area contributed by atoms with Gasteiger partial charge in [0, 0.05) is 0 Å². The third-order valence-corrected chi connectivity index (χ3v) is 9.36. The summed E-state index contributed by atoms with van der Waals surface area (Å²) in [6, 6.07) is 3.37. The lowest BCUT2D eigenvalue weighted by atomic mass is 9.53. The molecule has 1 aliphatic rings. The van der Waals surface area contributed by atoms with Gasteiger partial charge < -0.3 is 19.4 Å². The average molecular weight is 516 g/mol. The van der Waals surface area contributed by atoms with E-state index in [1.54, 1.807) is 0 Å². The topological polar surface area (TPSA) is 122 Å². The van der Waals surface area contributed by atoms with Crippen LogP contribution in [-0.2, 0) is 38.6 Å². The van der Waals surface area contributed by atoms with Crippen molar-refractivity contribution in [2.24, 2.45) is 5.73 Å². The number of halogens is 1. The Bertz CT molecular complexity index is 1470. The Labute approximate surface area is 223 Å². The Morgan fingerprint density at radius 1 is 1.05 bits per heavy atom. The van der Waals surface area contributed by atoms with Crippen LogP contribution in [0.3, 0.4) is 0 Å². The number of carbonyl (C=O) groups is 2. The number of hydrogen-bond donors (Lipinski definition) is 1. The number of esters is 1. The number of ketones is 1. The third kappa shape index (κ3) is 4.43. The lowest BCUT2D eigenvalue weighted by Gasteiger charge is -2.32. The molecular formula is C19H24B8FNO7S. The van der Waals surface area contributed by atoms with Crippen LogP contribution >= 0.6 is 0 Å². The number of methoxy groups -OCH3 is 1. The first-order valence-electron chi connectivity index (χ1n) is 11.6. The minimum absolute atomic E-state index is 0.0114. The summed E-state index contributed by atoms with van der Waals surface area (Å²) in [6.45, 7) is 0. The molecule has 3 rings (SSSR count). The first-order chi connectivity index (χ1) is 16.9. The summed E-state index contributed by atoms with van der Waals surface area (Å²) in [7, 11) is 10.5. The molecule has 0 aromatic heterocycles.